The van der Waals surface area contributed by atoms with Crippen LogP contribution in [0.5, 0.6) is 23.0 Å². The number of hydrogen-bond acceptors (Lipinski definition) is 13. The van der Waals surface area contributed by atoms with E-state index < -0.39 is 0 Å². The second-order valence-corrected chi connectivity index (χ2v) is 16.1. The fourth-order valence-corrected chi connectivity index (χ4v) is 8.53. The summed E-state index contributed by atoms with van der Waals surface area (Å²) in [5.74, 6) is 2.32. The zero-order chi connectivity index (χ0) is 43.9. The van der Waals surface area contributed by atoms with Gasteiger partial charge in [-0.25, -0.2) is 33.7 Å². The van der Waals surface area contributed by atoms with Gasteiger partial charge in [0.2, 0.25) is 0 Å². The van der Waals surface area contributed by atoms with Gasteiger partial charge < -0.3 is 38.8 Å². The van der Waals surface area contributed by atoms with Gasteiger partial charge >= 0.3 is 0 Å². The minimum Gasteiger partial charge on any atom is -0.497 e. The second-order valence-electron chi connectivity index (χ2n) is 13.2. The molecular weight excluding hydrogens is 882 g/mol. The third kappa shape index (κ3) is 9.99. The molecule has 0 spiro atoms. The third-order valence-corrected chi connectivity index (χ3v) is 11.9. The van der Waals surface area contributed by atoms with E-state index in [1.165, 1.54) is 42.0 Å². The summed E-state index contributed by atoms with van der Waals surface area (Å²) in [5, 5.41) is 10.0. The first kappa shape index (κ1) is 44.0. The van der Waals surface area contributed by atoms with Gasteiger partial charge in [0.1, 0.15) is 46.5 Å². The van der Waals surface area contributed by atoms with Crippen LogP contribution in [-0.4, -0.2) is 67.5 Å². The number of nitrogens with two attached hydrogens (primary N) is 1. The van der Waals surface area contributed by atoms with Crippen molar-refractivity contribution >= 4 is 74.9 Å². The predicted molar refractivity (Wildman–Crippen MR) is 235 cm³/mol. The number of hydrogen-bond donors (Lipinski definition) is 3. The van der Waals surface area contributed by atoms with Gasteiger partial charge in [-0.15, -0.1) is 0 Å². The van der Waals surface area contributed by atoms with Gasteiger partial charge in [0, 0.05) is 23.1 Å². The van der Waals surface area contributed by atoms with E-state index in [0.717, 1.165) is 9.79 Å². The maximum Gasteiger partial charge on any atom is 0.175 e. The number of fused-ring (bicyclic) bond motifs is 2. The third-order valence-electron chi connectivity index (χ3n) is 9.43. The van der Waals surface area contributed by atoms with Crippen LogP contribution >= 0.6 is 46.7 Å². The lowest BCUT2D eigenvalue weighted by atomic mass is 10.1. The number of anilines is 1. The van der Waals surface area contributed by atoms with Crippen LogP contribution in [0, 0.1) is 17.0 Å². The van der Waals surface area contributed by atoms with E-state index in [0.29, 0.717) is 103 Å². The number of nitrogens with zero attached hydrogens (tertiary/aromatic N) is 7. The van der Waals surface area contributed by atoms with E-state index >= 15 is 0 Å². The number of nitrogen functional groups attached to an aromatic ring is 1. The summed E-state index contributed by atoms with van der Waals surface area (Å²) < 4.78 is 53.7. The Balaban J connectivity index is 0.000000186. The monoisotopic (exact) mass is 918 g/mol. The molecule has 0 bridgehead atoms. The van der Waals surface area contributed by atoms with Crippen molar-refractivity contribution in [2.75, 3.05) is 34.2 Å². The summed E-state index contributed by atoms with van der Waals surface area (Å²) in [4.78, 5) is 26.6. The van der Waals surface area contributed by atoms with E-state index in [2.05, 4.69) is 29.9 Å². The molecule has 8 rings (SSSR count). The molecule has 4 heterocycles. The number of imidazole rings is 2. The fraction of sp³-hybridized carbons (Fsp3) is 0.190. The van der Waals surface area contributed by atoms with Gasteiger partial charge in [0.25, 0.3) is 0 Å². The van der Waals surface area contributed by atoms with Crippen molar-refractivity contribution in [2.45, 2.75) is 46.0 Å². The Morgan fingerprint density at radius 1 is 0.710 bits per heavy atom. The van der Waals surface area contributed by atoms with Crippen LogP contribution in [0.1, 0.15) is 11.1 Å². The van der Waals surface area contributed by atoms with E-state index in [1.54, 1.807) is 63.6 Å². The summed E-state index contributed by atoms with van der Waals surface area (Å²) in [5.41, 5.74) is 9.34. The number of methoxy groups -OCH3 is 4. The number of aryl methyl sites for hydroxylation is 4. The molecule has 0 amide bonds. The van der Waals surface area contributed by atoms with E-state index in [-0.39, 0.29) is 22.9 Å². The highest BCUT2D eigenvalue weighted by Gasteiger charge is 2.19. The Bertz CT molecular complexity index is 2950. The Hall–Kier alpha value is -6.08. The summed E-state index contributed by atoms with van der Waals surface area (Å²) in [6, 6.07) is 20.3. The van der Waals surface area contributed by atoms with E-state index in [1.807, 2.05) is 41.0 Å². The quantitative estimate of drug-likeness (QED) is 0.0945. The number of aromatic nitrogens is 8. The first-order chi connectivity index (χ1) is 30.0. The molecule has 0 saturated heterocycles. The minimum absolute atomic E-state index is 0.0841. The topological polar surface area (TPSA) is 177 Å². The zero-order valence-electron chi connectivity index (χ0n) is 33.6. The number of rotatable bonds is 14. The predicted octanol–water partition coefficient (Wildman–Crippen LogP) is 9.05. The number of ether oxygens (including phenoxy) is 4. The Morgan fingerprint density at radius 2 is 1.31 bits per heavy atom. The normalized spacial score (nSPS) is 11.1. The average Bonchev–Trinajstić information content (AvgIpc) is 3.86. The van der Waals surface area contributed by atoms with E-state index in [4.69, 9.17) is 53.3 Å². The molecule has 20 heteroatoms. The van der Waals surface area contributed by atoms with Crippen molar-refractivity contribution < 1.29 is 27.7 Å². The van der Waals surface area contributed by atoms with Crippen molar-refractivity contribution in [2.24, 2.45) is 0 Å². The average molecular weight is 920 g/mol. The summed E-state index contributed by atoms with van der Waals surface area (Å²) in [6.07, 6.45) is 3.78. The molecule has 8 aromatic rings. The van der Waals surface area contributed by atoms with Crippen molar-refractivity contribution in [3.63, 3.8) is 0 Å². The fourth-order valence-electron chi connectivity index (χ4n) is 6.24. The molecule has 0 unspecified atom stereocenters. The zero-order valence-corrected chi connectivity index (χ0v) is 36.7. The highest BCUT2D eigenvalue weighted by molar-refractivity contribution is 7.99. The molecule has 0 aliphatic carbocycles. The maximum absolute atomic E-state index is 14.3. The first-order valence-corrected chi connectivity index (χ1v) is 21.0. The van der Waals surface area contributed by atoms with Crippen LogP contribution in [0.3, 0.4) is 0 Å². The molecule has 4 aromatic heterocycles. The summed E-state index contributed by atoms with van der Waals surface area (Å²) in [7, 11) is 6.40. The van der Waals surface area contributed by atoms with Crippen molar-refractivity contribution in [3.05, 3.63) is 124 Å². The second kappa shape index (κ2) is 19.7. The van der Waals surface area contributed by atoms with Crippen LogP contribution in [-0.2, 0) is 25.9 Å². The standard InChI is InChI=1S/2C21H19ClFN5O2S/c1-29-14-5-6-16(30-2)17(10-14)31-21-26-18-19(24)25-11-28(20(18)27-21)8-7-12-3-4-13(22)9-15(12)23;1-29-14-5-6-16(30-2)17(10-14)31-21-27-18-19(24)25-11-26-20(18)28(21)8-7-12-3-4-13(22)9-15(12)23/h3-6,9-11,24H,7-8H2,1-2H3,(H,26,27);3-6,9-11H,7-8H2,1-2H3,(H2,24,25,26). The number of aromatic amines is 1. The van der Waals surface area contributed by atoms with Crippen LogP contribution < -0.4 is 30.2 Å². The van der Waals surface area contributed by atoms with Crippen molar-refractivity contribution in [1.29, 1.82) is 5.41 Å². The SMILES string of the molecule is COc1ccc(OC)c(Sc2nc3c(N)ncnc3n2CCc2ccc(Cl)cc2F)c1.COc1ccc(OC)c(Sc2nc3c([nH]2)c(=N)ncn3CCc2ccc(Cl)cc2F)c1. The molecule has 0 aliphatic rings. The maximum atomic E-state index is 14.3. The summed E-state index contributed by atoms with van der Waals surface area (Å²) in [6.45, 7) is 0.875. The smallest absolute Gasteiger partial charge is 0.175 e. The molecule has 0 atom stereocenters. The molecule has 4 N–H and O–H groups in total. The lowest BCUT2D eigenvalue weighted by molar-refractivity contribution is 0.394. The van der Waals surface area contributed by atoms with Crippen LogP contribution in [0.15, 0.2) is 106 Å². The highest BCUT2D eigenvalue weighted by atomic mass is 35.5. The Labute approximate surface area is 372 Å². The molecule has 62 heavy (non-hydrogen) atoms. The van der Waals surface area contributed by atoms with Gasteiger partial charge in [-0.3, -0.25) is 5.41 Å². The molecule has 4 aromatic carbocycles. The molecule has 0 aliphatic heterocycles. The first-order valence-electron chi connectivity index (χ1n) is 18.6. The lowest BCUT2D eigenvalue weighted by Gasteiger charge is -2.12. The number of benzene rings is 4. The van der Waals surface area contributed by atoms with E-state index in [9.17, 15) is 8.78 Å². The minimum atomic E-state index is -0.352. The molecular formula is C42H38Cl2F2N10O4S2. The van der Waals surface area contributed by atoms with Gasteiger partial charge in [0.05, 0.1) is 44.6 Å². The van der Waals surface area contributed by atoms with Crippen LogP contribution in [0.4, 0.5) is 14.6 Å². The number of H-pyrrole nitrogens is 1. The molecule has 14 nitrogen and oxygen atoms in total. The van der Waals surface area contributed by atoms with Gasteiger partial charge in [-0.1, -0.05) is 35.3 Å². The largest absolute Gasteiger partial charge is 0.497 e. The Morgan fingerprint density at radius 3 is 1.89 bits per heavy atom. The van der Waals surface area contributed by atoms with Crippen molar-refractivity contribution in [1.82, 2.24) is 39.0 Å². The van der Waals surface area contributed by atoms with Crippen LogP contribution in [0.2, 0.25) is 10.0 Å². The van der Waals surface area contributed by atoms with Crippen LogP contribution in [0.25, 0.3) is 22.3 Å². The molecule has 0 fully saturated rings. The molecule has 320 valence electrons. The van der Waals surface area contributed by atoms with Gasteiger partial charge in [-0.05, 0) is 108 Å². The Kier molecular flexibility index (Phi) is 14.0. The van der Waals surface area contributed by atoms with Gasteiger partial charge in [0.15, 0.2) is 38.4 Å². The lowest BCUT2D eigenvalue weighted by Crippen LogP contribution is -2.13. The highest BCUT2D eigenvalue weighted by Crippen LogP contribution is 2.39. The van der Waals surface area contributed by atoms with Gasteiger partial charge in [-0.2, -0.15) is 0 Å². The number of halogens is 4. The summed E-state index contributed by atoms with van der Waals surface area (Å²) >= 11 is 14.4. The molecule has 0 saturated carbocycles. The van der Waals surface area contributed by atoms with Crippen molar-refractivity contribution in [3.8, 4) is 23.0 Å². The molecule has 0 radical (unpaired) electrons. The number of nitrogens with one attached hydrogen (secondary N) is 2.